The number of ether oxygens (including phenoxy) is 1. The smallest absolute Gasteiger partial charge is 0.173 e. The Balaban J connectivity index is 3.00. The number of halogens is 1. The van der Waals surface area contributed by atoms with Crippen molar-refractivity contribution >= 4 is 17.4 Å². The first-order valence-electron chi connectivity index (χ1n) is 4.59. The molecule has 1 fully saturated rings. The van der Waals surface area contributed by atoms with Gasteiger partial charge in [-0.3, -0.25) is 4.79 Å². The third-order valence-electron chi connectivity index (χ3n) is 3.50. The maximum absolute atomic E-state index is 11.8. The van der Waals surface area contributed by atoms with E-state index in [4.69, 9.17) is 16.3 Å². The van der Waals surface area contributed by atoms with Gasteiger partial charge in [0.1, 0.15) is 5.60 Å². The van der Waals surface area contributed by atoms with Gasteiger partial charge in [-0.15, -0.1) is 11.6 Å². The Hall–Kier alpha value is -0.0800. The summed E-state index contributed by atoms with van der Waals surface area (Å²) >= 11 is 6.33. The number of carbonyl (C=O) groups is 1. The molecule has 0 aliphatic heterocycles. The second-order valence-electron chi connectivity index (χ2n) is 4.42. The van der Waals surface area contributed by atoms with Crippen LogP contribution in [0.2, 0.25) is 0 Å². The highest BCUT2D eigenvalue weighted by Gasteiger charge is 2.72. The van der Waals surface area contributed by atoms with Crippen LogP contribution in [0.15, 0.2) is 0 Å². The normalized spacial score (nSPS) is 43.1. The van der Waals surface area contributed by atoms with Crippen LogP contribution < -0.4 is 0 Å². The fraction of sp³-hybridized carbons (Fsp3) is 0.900. The minimum absolute atomic E-state index is 0.0966. The highest BCUT2D eigenvalue weighted by molar-refractivity contribution is 6.33. The van der Waals surface area contributed by atoms with Crippen molar-refractivity contribution in [3.63, 3.8) is 0 Å². The average Bonchev–Trinajstić information content (AvgIpc) is 2.02. The van der Waals surface area contributed by atoms with Gasteiger partial charge in [0.15, 0.2) is 5.78 Å². The van der Waals surface area contributed by atoms with E-state index in [-0.39, 0.29) is 5.78 Å². The molecule has 0 saturated heterocycles. The molecule has 0 N–H and O–H groups in total. The quantitative estimate of drug-likeness (QED) is 0.646. The monoisotopic (exact) mass is 204 g/mol. The lowest BCUT2D eigenvalue weighted by Crippen LogP contribution is -2.76. The number of Topliss-reactive ketones (excluding diaryl/α,β-unsaturated/α-hetero) is 1. The molecule has 1 aliphatic rings. The molecule has 0 spiro atoms. The van der Waals surface area contributed by atoms with E-state index < -0.39 is 15.9 Å². The Bertz CT molecular complexity index is 245. The minimum Gasteiger partial charge on any atom is -0.366 e. The summed E-state index contributed by atoms with van der Waals surface area (Å²) in [6.07, 6.45) is 0. The van der Waals surface area contributed by atoms with Crippen molar-refractivity contribution in [3.8, 4) is 0 Å². The predicted molar refractivity (Wildman–Crippen MR) is 53.1 cm³/mol. The lowest BCUT2D eigenvalue weighted by Gasteiger charge is -2.60. The van der Waals surface area contributed by atoms with Gasteiger partial charge in [-0.2, -0.15) is 0 Å². The molecule has 0 aromatic carbocycles. The van der Waals surface area contributed by atoms with E-state index in [2.05, 4.69) is 0 Å². The molecule has 76 valence electrons. The van der Waals surface area contributed by atoms with Crippen LogP contribution in [-0.2, 0) is 9.53 Å². The minimum atomic E-state index is -0.813. The zero-order valence-electron chi connectivity index (χ0n) is 8.90. The van der Waals surface area contributed by atoms with Crippen LogP contribution in [-0.4, -0.2) is 22.9 Å². The molecule has 0 unspecified atom stereocenters. The van der Waals surface area contributed by atoms with Crippen molar-refractivity contribution in [2.75, 3.05) is 6.61 Å². The third kappa shape index (κ3) is 1.02. The van der Waals surface area contributed by atoms with Gasteiger partial charge in [0, 0.05) is 12.0 Å². The van der Waals surface area contributed by atoms with Crippen LogP contribution in [0.25, 0.3) is 0 Å². The summed E-state index contributed by atoms with van der Waals surface area (Å²) in [5.74, 6) is 0.0966. The number of alkyl halides is 1. The van der Waals surface area contributed by atoms with Crippen LogP contribution in [0.4, 0.5) is 0 Å². The second kappa shape index (κ2) is 2.71. The van der Waals surface area contributed by atoms with Crippen molar-refractivity contribution in [1.82, 2.24) is 0 Å². The summed E-state index contributed by atoms with van der Waals surface area (Å²) in [6.45, 7) is 9.76. The molecule has 1 rings (SSSR count). The van der Waals surface area contributed by atoms with Crippen LogP contribution in [0.5, 0.6) is 0 Å². The van der Waals surface area contributed by atoms with Crippen LogP contribution >= 0.6 is 11.6 Å². The fourth-order valence-corrected chi connectivity index (χ4v) is 2.27. The number of ketones is 1. The Kier molecular flexibility index (Phi) is 2.29. The molecule has 1 aliphatic carbocycles. The number of hydrogen-bond acceptors (Lipinski definition) is 2. The van der Waals surface area contributed by atoms with Crippen molar-refractivity contribution in [3.05, 3.63) is 0 Å². The topological polar surface area (TPSA) is 26.3 Å². The van der Waals surface area contributed by atoms with Gasteiger partial charge in [-0.25, -0.2) is 0 Å². The molecule has 0 aromatic rings. The van der Waals surface area contributed by atoms with Crippen LogP contribution in [0, 0.1) is 5.41 Å². The van der Waals surface area contributed by atoms with E-state index in [9.17, 15) is 4.79 Å². The summed E-state index contributed by atoms with van der Waals surface area (Å²) in [7, 11) is 0. The molecule has 0 heterocycles. The van der Waals surface area contributed by atoms with E-state index in [0.29, 0.717) is 6.61 Å². The Morgan fingerprint density at radius 1 is 1.31 bits per heavy atom. The van der Waals surface area contributed by atoms with E-state index in [0.717, 1.165) is 0 Å². The maximum Gasteiger partial charge on any atom is 0.173 e. The fourth-order valence-electron chi connectivity index (χ4n) is 2.05. The van der Waals surface area contributed by atoms with Gasteiger partial charge in [0.25, 0.3) is 0 Å². The number of hydrogen-bond donors (Lipinski definition) is 0. The first kappa shape index (κ1) is 11.0. The second-order valence-corrected chi connectivity index (χ2v) is 5.18. The molecule has 13 heavy (non-hydrogen) atoms. The summed E-state index contributed by atoms with van der Waals surface area (Å²) in [5.41, 5.74) is -1.30. The first-order valence-corrected chi connectivity index (χ1v) is 4.97. The molecule has 0 amide bonds. The third-order valence-corrected chi connectivity index (χ3v) is 4.34. The van der Waals surface area contributed by atoms with E-state index >= 15 is 0 Å². The van der Waals surface area contributed by atoms with E-state index in [1.54, 1.807) is 6.92 Å². The first-order chi connectivity index (χ1) is 5.72. The SMILES string of the molecule is CCO[C@@]1(C)C(=O)C(C)(C)[C@@]1(C)Cl. The van der Waals surface area contributed by atoms with Gasteiger partial charge < -0.3 is 4.74 Å². The van der Waals surface area contributed by atoms with Gasteiger partial charge >= 0.3 is 0 Å². The number of carbonyl (C=O) groups excluding carboxylic acids is 1. The van der Waals surface area contributed by atoms with Gasteiger partial charge in [-0.1, -0.05) is 13.8 Å². The van der Waals surface area contributed by atoms with Crippen LogP contribution in [0.1, 0.15) is 34.6 Å². The zero-order chi connectivity index (χ0) is 10.5. The molecular weight excluding hydrogens is 188 g/mol. The molecular formula is C10H17ClO2. The van der Waals surface area contributed by atoms with E-state index in [1.165, 1.54) is 0 Å². The highest BCUT2D eigenvalue weighted by Crippen LogP contribution is 2.58. The van der Waals surface area contributed by atoms with Crippen molar-refractivity contribution in [2.24, 2.45) is 5.41 Å². The molecule has 3 heteroatoms. The van der Waals surface area contributed by atoms with Gasteiger partial charge in [-0.05, 0) is 20.8 Å². The molecule has 1 saturated carbocycles. The van der Waals surface area contributed by atoms with E-state index in [1.807, 2.05) is 27.7 Å². The summed E-state index contributed by atoms with van der Waals surface area (Å²) in [6, 6.07) is 0. The van der Waals surface area contributed by atoms with Crippen molar-refractivity contribution in [1.29, 1.82) is 0 Å². The van der Waals surface area contributed by atoms with Crippen molar-refractivity contribution in [2.45, 2.75) is 45.1 Å². The largest absolute Gasteiger partial charge is 0.366 e. The average molecular weight is 205 g/mol. The standard InChI is InChI=1S/C10H17ClO2/c1-6-13-9(4)7(12)8(2,3)10(9,5)11/h6H2,1-5H3/t9-,10+/m0/s1. The Morgan fingerprint density at radius 3 is 2.08 bits per heavy atom. The lowest BCUT2D eigenvalue weighted by atomic mass is 9.52. The molecule has 0 aromatic heterocycles. The zero-order valence-corrected chi connectivity index (χ0v) is 9.66. The predicted octanol–water partition coefficient (Wildman–Crippen LogP) is 2.39. The molecule has 2 atom stereocenters. The Labute approximate surface area is 84.6 Å². The molecule has 0 bridgehead atoms. The summed E-state index contributed by atoms with van der Waals surface area (Å²) in [5, 5.41) is 0. The molecule has 2 nitrogen and oxygen atoms in total. The van der Waals surface area contributed by atoms with Gasteiger partial charge in [0.05, 0.1) is 4.87 Å². The summed E-state index contributed by atoms with van der Waals surface area (Å²) < 4.78 is 5.45. The highest BCUT2D eigenvalue weighted by atomic mass is 35.5. The summed E-state index contributed by atoms with van der Waals surface area (Å²) in [4.78, 5) is 11.2. The molecule has 0 radical (unpaired) electrons. The van der Waals surface area contributed by atoms with Crippen LogP contribution in [0.3, 0.4) is 0 Å². The van der Waals surface area contributed by atoms with Gasteiger partial charge in [0.2, 0.25) is 0 Å². The number of rotatable bonds is 2. The Morgan fingerprint density at radius 2 is 1.77 bits per heavy atom. The lowest BCUT2D eigenvalue weighted by molar-refractivity contribution is -0.189. The maximum atomic E-state index is 11.8. The van der Waals surface area contributed by atoms with Crippen molar-refractivity contribution < 1.29 is 9.53 Å².